The van der Waals surface area contributed by atoms with Gasteiger partial charge in [0, 0.05) is 15.6 Å². The third-order valence-corrected chi connectivity index (χ3v) is 2.77. The first-order valence-electron chi connectivity index (χ1n) is 4.58. The Balaban J connectivity index is 3.15. The van der Waals surface area contributed by atoms with Gasteiger partial charge in [0.05, 0.1) is 6.54 Å². The van der Waals surface area contributed by atoms with Gasteiger partial charge in [0.15, 0.2) is 5.78 Å². The Hall–Kier alpha value is -0.740. The third-order valence-electron chi connectivity index (χ3n) is 2.12. The maximum atomic E-state index is 13.7. The molecule has 0 aliphatic carbocycles. The molecule has 1 aromatic rings. The molecule has 0 radical (unpaired) electrons. The average Bonchev–Trinajstić information content (AvgIpc) is 2.14. The SMILES string of the molecule is CC(C)(F)c1ccc(C(=O)CN)cc1Br. The van der Waals surface area contributed by atoms with Crippen LogP contribution in [-0.4, -0.2) is 12.3 Å². The molecule has 0 aliphatic heterocycles. The monoisotopic (exact) mass is 273 g/mol. The van der Waals surface area contributed by atoms with Gasteiger partial charge in [-0.1, -0.05) is 28.1 Å². The van der Waals surface area contributed by atoms with Crippen molar-refractivity contribution < 1.29 is 9.18 Å². The van der Waals surface area contributed by atoms with Crippen LogP contribution in [0.2, 0.25) is 0 Å². The fourth-order valence-electron chi connectivity index (χ4n) is 1.29. The van der Waals surface area contributed by atoms with Crippen molar-refractivity contribution in [3.8, 4) is 0 Å². The summed E-state index contributed by atoms with van der Waals surface area (Å²) in [5, 5.41) is 0. The zero-order valence-electron chi connectivity index (χ0n) is 8.68. The van der Waals surface area contributed by atoms with Crippen LogP contribution in [0, 0.1) is 0 Å². The van der Waals surface area contributed by atoms with Crippen LogP contribution in [0.5, 0.6) is 0 Å². The molecule has 0 aliphatic rings. The molecule has 0 amide bonds. The fraction of sp³-hybridized carbons (Fsp3) is 0.364. The topological polar surface area (TPSA) is 43.1 Å². The first-order valence-corrected chi connectivity index (χ1v) is 5.37. The Morgan fingerprint density at radius 3 is 2.53 bits per heavy atom. The standard InChI is InChI=1S/C11H13BrFNO/c1-11(2,13)8-4-3-7(5-9(8)12)10(15)6-14/h3-5H,6,14H2,1-2H3. The summed E-state index contributed by atoms with van der Waals surface area (Å²) in [6.45, 7) is 2.90. The van der Waals surface area contributed by atoms with E-state index in [1.165, 1.54) is 13.8 Å². The number of ketones is 1. The van der Waals surface area contributed by atoms with Crippen LogP contribution in [0.15, 0.2) is 22.7 Å². The van der Waals surface area contributed by atoms with E-state index in [9.17, 15) is 9.18 Å². The normalized spacial score (nSPS) is 11.5. The number of Topliss-reactive ketones (excluding diaryl/α,β-unsaturated/α-hetero) is 1. The van der Waals surface area contributed by atoms with Crippen LogP contribution in [0.25, 0.3) is 0 Å². The zero-order valence-corrected chi connectivity index (χ0v) is 10.3. The Morgan fingerprint density at radius 2 is 2.13 bits per heavy atom. The molecule has 0 heterocycles. The summed E-state index contributed by atoms with van der Waals surface area (Å²) in [5.74, 6) is -0.154. The van der Waals surface area contributed by atoms with Crippen LogP contribution in [0.3, 0.4) is 0 Å². The maximum Gasteiger partial charge on any atom is 0.176 e. The van der Waals surface area contributed by atoms with Crippen molar-refractivity contribution >= 4 is 21.7 Å². The number of alkyl halides is 1. The van der Waals surface area contributed by atoms with Gasteiger partial charge in [0.2, 0.25) is 0 Å². The molecule has 0 saturated heterocycles. The van der Waals surface area contributed by atoms with Crippen molar-refractivity contribution in [2.24, 2.45) is 5.73 Å². The molecule has 1 aromatic carbocycles. The van der Waals surface area contributed by atoms with E-state index < -0.39 is 5.67 Å². The lowest BCUT2D eigenvalue weighted by atomic mass is 9.98. The van der Waals surface area contributed by atoms with Crippen molar-refractivity contribution in [2.45, 2.75) is 19.5 Å². The van der Waals surface area contributed by atoms with Crippen LogP contribution >= 0.6 is 15.9 Å². The Morgan fingerprint density at radius 1 is 1.53 bits per heavy atom. The highest BCUT2D eigenvalue weighted by molar-refractivity contribution is 9.10. The largest absolute Gasteiger partial charge is 0.324 e. The smallest absolute Gasteiger partial charge is 0.176 e. The van der Waals surface area contributed by atoms with Crippen molar-refractivity contribution in [2.75, 3.05) is 6.54 Å². The third kappa shape index (κ3) is 2.86. The quantitative estimate of drug-likeness (QED) is 0.861. The molecule has 15 heavy (non-hydrogen) atoms. The van der Waals surface area contributed by atoms with E-state index in [1.54, 1.807) is 18.2 Å². The summed E-state index contributed by atoms with van der Waals surface area (Å²) < 4.78 is 14.2. The minimum atomic E-state index is -1.43. The fourth-order valence-corrected chi connectivity index (χ4v) is 2.14. The molecule has 82 valence electrons. The van der Waals surface area contributed by atoms with Gasteiger partial charge in [0.25, 0.3) is 0 Å². The van der Waals surface area contributed by atoms with Gasteiger partial charge in [-0.15, -0.1) is 0 Å². The Bertz CT molecular complexity index is 385. The minimum Gasteiger partial charge on any atom is -0.324 e. The lowest BCUT2D eigenvalue weighted by Crippen LogP contribution is -2.15. The van der Waals surface area contributed by atoms with E-state index in [1.807, 2.05) is 0 Å². The second kappa shape index (κ2) is 4.41. The van der Waals surface area contributed by atoms with Crippen LogP contribution in [-0.2, 0) is 5.67 Å². The molecule has 0 spiro atoms. The highest BCUT2D eigenvalue weighted by Crippen LogP contribution is 2.31. The van der Waals surface area contributed by atoms with Gasteiger partial charge in [-0.2, -0.15) is 0 Å². The molecule has 4 heteroatoms. The van der Waals surface area contributed by atoms with Gasteiger partial charge >= 0.3 is 0 Å². The average molecular weight is 274 g/mol. The van der Waals surface area contributed by atoms with Gasteiger partial charge < -0.3 is 5.73 Å². The first kappa shape index (κ1) is 12.3. The Labute approximate surface area is 96.8 Å². The summed E-state index contributed by atoms with van der Waals surface area (Å²) in [6, 6.07) is 4.80. The van der Waals surface area contributed by atoms with E-state index in [2.05, 4.69) is 15.9 Å². The molecule has 0 bridgehead atoms. The number of nitrogens with two attached hydrogens (primary N) is 1. The number of rotatable bonds is 3. The highest BCUT2D eigenvalue weighted by atomic mass is 79.9. The van der Waals surface area contributed by atoms with Gasteiger partial charge in [-0.25, -0.2) is 4.39 Å². The van der Waals surface area contributed by atoms with E-state index in [0.29, 0.717) is 15.6 Å². The van der Waals surface area contributed by atoms with Gasteiger partial charge in [-0.05, 0) is 19.9 Å². The predicted molar refractivity (Wildman–Crippen MR) is 61.7 cm³/mol. The minimum absolute atomic E-state index is 0.0369. The number of hydrogen-bond donors (Lipinski definition) is 1. The summed E-state index contributed by atoms with van der Waals surface area (Å²) >= 11 is 3.25. The van der Waals surface area contributed by atoms with Crippen molar-refractivity contribution in [1.29, 1.82) is 0 Å². The Kier molecular flexibility index (Phi) is 3.62. The van der Waals surface area contributed by atoms with E-state index in [-0.39, 0.29) is 12.3 Å². The number of benzene rings is 1. The van der Waals surface area contributed by atoms with Gasteiger partial charge in [0.1, 0.15) is 5.67 Å². The molecular weight excluding hydrogens is 261 g/mol. The lowest BCUT2D eigenvalue weighted by molar-refractivity contribution is 0.100. The lowest BCUT2D eigenvalue weighted by Gasteiger charge is -2.16. The molecule has 0 saturated carbocycles. The van der Waals surface area contributed by atoms with Crippen LogP contribution in [0.4, 0.5) is 4.39 Å². The van der Waals surface area contributed by atoms with E-state index >= 15 is 0 Å². The van der Waals surface area contributed by atoms with Crippen molar-refractivity contribution in [3.05, 3.63) is 33.8 Å². The summed E-state index contributed by atoms with van der Waals surface area (Å²) in [6.07, 6.45) is 0. The molecule has 2 nitrogen and oxygen atoms in total. The van der Waals surface area contributed by atoms with E-state index in [4.69, 9.17) is 5.73 Å². The number of carbonyl (C=O) groups excluding carboxylic acids is 1. The number of halogens is 2. The predicted octanol–water partition coefficient (Wildman–Crippen LogP) is 2.80. The molecule has 0 fully saturated rings. The molecular formula is C11H13BrFNO. The van der Waals surface area contributed by atoms with Crippen LogP contribution < -0.4 is 5.73 Å². The molecule has 0 unspecified atom stereocenters. The molecule has 2 N–H and O–H groups in total. The second-order valence-corrected chi connectivity index (χ2v) is 4.65. The van der Waals surface area contributed by atoms with Crippen LogP contribution in [0.1, 0.15) is 29.8 Å². The van der Waals surface area contributed by atoms with Gasteiger partial charge in [-0.3, -0.25) is 4.79 Å². The summed E-state index contributed by atoms with van der Waals surface area (Å²) in [5.41, 5.74) is 4.83. The van der Waals surface area contributed by atoms with Crippen molar-refractivity contribution in [1.82, 2.24) is 0 Å². The van der Waals surface area contributed by atoms with Crippen molar-refractivity contribution in [3.63, 3.8) is 0 Å². The highest BCUT2D eigenvalue weighted by Gasteiger charge is 2.22. The number of hydrogen-bond acceptors (Lipinski definition) is 2. The maximum absolute atomic E-state index is 13.7. The first-order chi connectivity index (χ1) is 6.86. The number of carbonyl (C=O) groups is 1. The molecule has 0 atom stereocenters. The second-order valence-electron chi connectivity index (χ2n) is 3.79. The zero-order chi connectivity index (χ0) is 11.6. The summed E-state index contributed by atoms with van der Waals surface area (Å²) in [4.78, 5) is 11.3. The summed E-state index contributed by atoms with van der Waals surface area (Å²) in [7, 11) is 0. The molecule has 1 rings (SSSR count). The molecule has 0 aromatic heterocycles. The van der Waals surface area contributed by atoms with E-state index in [0.717, 1.165) is 0 Å².